The standard InChI is InChI=1S/C18H21N3O3S/c1-2-3-9-18(20-21-18)10-11-19-16(22)12-17(13-25(23,24)14-17)15-7-5-4-6-8-15/h1,4-8H,3,9-14H2,(H,19,22). The number of carbonyl (C=O) groups excluding carboxylic acids is 1. The molecule has 6 nitrogen and oxygen atoms in total. The Hall–Kier alpha value is -2.20. The Morgan fingerprint density at radius 3 is 2.44 bits per heavy atom. The van der Waals surface area contributed by atoms with E-state index in [2.05, 4.69) is 21.5 Å². The number of carbonyl (C=O) groups is 1. The van der Waals surface area contributed by atoms with Crippen LogP contribution in [0.5, 0.6) is 0 Å². The number of nitrogens with zero attached hydrogens (tertiary/aromatic N) is 2. The van der Waals surface area contributed by atoms with Gasteiger partial charge in [-0.1, -0.05) is 30.3 Å². The van der Waals surface area contributed by atoms with E-state index in [9.17, 15) is 13.2 Å². The Kier molecular flexibility index (Phi) is 4.65. The molecule has 2 aliphatic heterocycles. The second kappa shape index (κ2) is 6.60. The summed E-state index contributed by atoms with van der Waals surface area (Å²) in [5.41, 5.74) is -0.131. The van der Waals surface area contributed by atoms with E-state index in [4.69, 9.17) is 6.42 Å². The highest BCUT2D eigenvalue weighted by Gasteiger charge is 2.50. The molecule has 0 spiro atoms. The molecular weight excluding hydrogens is 338 g/mol. The van der Waals surface area contributed by atoms with Gasteiger partial charge in [0, 0.05) is 37.6 Å². The van der Waals surface area contributed by atoms with Crippen molar-refractivity contribution in [1.29, 1.82) is 0 Å². The lowest BCUT2D eigenvalue weighted by Gasteiger charge is -2.41. The molecule has 0 unspecified atom stereocenters. The highest BCUT2D eigenvalue weighted by molar-refractivity contribution is 7.93. The third-order valence-electron chi connectivity index (χ3n) is 4.78. The number of amides is 1. The zero-order valence-electron chi connectivity index (χ0n) is 13.9. The Labute approximate surface area is 148 Å². The molecule has 7 heteroatoms. The first-order valence-corrected chi connectivity index (χ1v) is 10.1. The first-order chi connectivity index (χ1) is 11.9. The average Bonchev–Trinajstić information content (AvgIpc) is 3.32. The van der Waals surface area contributed by atoms with E-state index in [1.807, 2.05) is 30.3 Å². The highest BCUT2D eigenvalue weighted by atomic mass is 32.2. The predicted octanol–water partition coefficient (Wildman–Crippen LogP) is 1.82. The minimum atomic E-state index is -3.06. The lowest BCUT2D eigenvalue weighted by atomic mass is 9.80. The van der Waals surface area contributed by atoms with Gasteiger partial charge in [-0.2, -0.15) is 10.2 Å². The maximum absolute atomic E-state index is 12.4. The zero-order chi connectivity index (χ0) is 18.0. The molecule has 0 saturated carbocycles. The Morgan fingerprint density at radius 2 is 1.88 bits per heavy atom. The first-order valence-electron chi connectivity index (χ1n) is 8.29. The number of hydrogen-bond donors (Lipinski definition) is 1. The van der Waals surface area contributed by atoms with E-state index in [0.29, 0.717) is 25.8 Å². The molecule has 25 heavy (non-hydrogen) atoms. The summed E-state index contributed by atoms with van der Waals surface area (Å²) in [5, 5.41) is 10.9. The average molecular weight is 359 g/mol. The van der Waals surface area contributed by atoms with Crippen molar-refractivity contribution in [2.45, 2.75) is 36.8 Å². The van der Waals surface area contributed by atoms with Crippen LogP contribution in [0.25, 0.3) is 0 Å². The lowest BCUT2D eigenvalue weighted by molar-refractivity contribution is -0.122. The van der Waals surface area contributed by atoms with Gasteiger partial charge in [-0.3, -0.25) is 4.79 Å². The van der Waals surface area contributed by atoms with E-state index in [1.54, 1.807) is 0 Å². The predicted molar refractivity (Wildman–Crippen MR) is 94.7 cm³/mol. The van der Waals surface area contributed by atoms with Gasteiger partial charge in [0.2, 0.25) is 5.91 Å². The second-order valence-electron chi connectivity index (χ2n) is 6.84. The molecule has 0 radical (unpaired) electrons. The van der Waals surface area contributed by atoms with Crippen LogP contribution in [0.15, 0.2) is 40.6 Å². The summed E-state index contributed by atoms with van der Waals surface area (Å²) < 4.78 is 23.5. The molecule has 3 rings (SSSR count). The van der Waals surface area contributed by atoms with E-state index in [1.165, 1.54) is 0 Å². The fraction of sp³-hybridized carbons (Fsp3) is 0.500. The summed E-state index contributed by atoms with van der Waals surface area (Å²) in [6.45, 7) is 0.452. The molecule has 0 aromatic heterocycles. The van der Waals surface area contributed by atoms with Crippen LogP contribution in [0.2, 0.25) is 0 Å². The summed E-state index contributed by atoms with van der Waals surface area (Å²) in [6, 6.07) is 9.39. The Balaban J connectivity index is 1.55. The van der Waals surface area contributed by atoms with Crippen LogP contribution in [0.3, 0.4) is 0 Å². The molecule has 0 aliphatic carbocycles. The van der Waals surface area contributed by atoms with E-state index < -0.39 is 20.9 Å². The highest BCUT2D eigenvalue weighted by Crippen LogP contribution is 2.40. The van der Waals surface area contributed by atoms with Gasteiger partial charge in [0.1, 0.15) is 0 Å². The summed E-state index contributed by atoms with van der Waals surface area (Å²) in [5.74, 6) is 2.47. The minimum Gasteiger partial charge on any atom is -0.356 e. The molecule has 2 aliphatic rings. The van der Waals surface area contributed by atoms with Crippen LogP contribution in [-0.4, -0.2) is 38.0 Å². The van der Waals surface area contributed by atoms with Crippen molar-refractivity contribution in [1.82, 2.24) is 5.32 Å². The van der Waals surface area contributed by atoms with Crippen molar-refractivity contribution in [2.75, 3.05) is 18.1 Å². The monoisotopic (exact) mass is 359 g/mol. The van der Waals surface area contributed by atoms with Gasteiger partial charge in [0.25, 0.3) is 0 Å². The Bertz CT molecular complexity index is 807. The van der Waals surface area contributed by atoms with Gasteiger partial charge < -0.3 is 5.32 Å². The van der Waals surface area contributed by atoms with Gasteiger partial charge in [-0.05, 0) is 5.56 Å². The molecule has 0 atom stereocenters. The summed E-state index contributed by atoms with van der Waals surface area (Å²) in [4.78, 5) is 12.4. The van der Waals surface area contributed by atoms with Crippen LogP contribution in [0.1, 0.15) is 31.2 Å². The van der Waals surface area contributed by atoms with Crippen LogP contribution in [0, 0.1) is 12.3 Å². The van der Waals surface area contributed by atoms with Gasteiger partial charge in [0.15, 0.2) is 15.5 Å². The minimum absolute atomic E-state index is 0.0220. The molecular formula is C18H21N3O3S. The van der Waals surface area contributed by atoms with Gasteiger partial charge in [0.05, 0.1) is 11.5 Å². The van der Waals surface area contributed by atoms with Crippen molar-refractivity contribution in [3.63, 3.8) is 0 Å². The van der Waals surface area contributed by atoms with Crippen LogP contribution in [0.4, 0.5) is 0 Å². The molecule has 1 amide bonds. The normalized spacial score (nSPS) is 20.9. The van der Waals surface area contributed by atoms with Gasteiger partial charge in [-0.25, -0.2) is 8.42 Å². The van der Waals surface area contributed by atoms with Gasteiger partial charge in [-0.15, -0.1) is 12.3 Å². The summed E-state index contributed by atoms with van der Waals surface area (Å²) in [7, 11) is -3.06. The zero-order valence-corrected chi connectivity index (χ0v) is 14.8. The number of rotatable bonds is 8. The van der Waals surface area contributed by atoms with Gasteiger partial charge >= 0.3 is 0 Å². The molecule has 1 aromatic carbocycles. The lowest BCUT2D eigenvalue weighted by Crippen LogP contribution is -2.54. The van der Waals surface area contributed by atoms with Crippen LogP contribution < -0.4 is 5.32 Å². The van der Waals surface area contributed by atoms with Crippen molar-refractivity contribution in [2.24, 2.45) is 10.2 Å². The summed E-state index contributed by atoms with van der Waals surface area (Å²) >= 11 is 0. The Morgan fingerprint density at radius 1 is 1.20 bits per heavy atom. The molecule has 132 valence electrons. The van der Waals surface area contributed by atoms with Crippen LogP contribution >= 0.6 is 0 Å². The molecule has 0 bridgehead atoms. The fourth-order valence-corrected chi connectivity index (χ4v) is 5.54. The number of terminal acetylenes is 1. The summed E-state index contributed by atoms with van der Waals surface area (Å²) in [6.07, 6.45) is 7.35. The van der Waals surface area contributed by atoms with Crippen molar-refractivity contribution < 1.29 is 13.2 Å². The second-order valence-corrected chi connectivity index (χ2v) is 8.91. The third kappa shape index (κ3) is 4.07. The molecule has 1 N–H and O–H groups in total. The topological polar surface area (TPSA) is 88.0 Å². The quantitative estimate of drug-likeness (QED) is 0.718. The number of nitrogens with one attached hydrogen (secondary N) is 1. The largest absolute Gasteiger partial charge is 0.356 e. The van der Waals surface area contributed by atoms with Crippen molar-refractivity contribution in [3.8, 4) is 12.3 Å². The molecule has 1 saturated heterocycles. The molecule has 2 heterocycles. The van der Waals surface area contributed by atoms with E-state index in [0.717, 1.165) is 5.56 Å². The molecule has 1 fully saturated rings. The number of sulfone groups is 1. The molecule has 1 aromatic rings. The maximum Gasteiger partial charge on any atom is 0.220 e. The van der Waals surface area contributed by atoms with E-state index >= 15 is 0 Å². The number of benzene rings is 1. The smallest absolute Gasteiger partial charge is 0.220 e. The first kappa shape index (κ1) is 17.6. The maximum atomic E-state index is 12.4. The van der Waals surface area contributed by atoms with Crippen LogP contribution in [-0.2, 0) is 20.0 Å². The fourth-order valence-electron chi connectivity index (χ4n) is 3.40. The van der Waals surface area contributed by atoms with Crippen molar-refractivity contribution in [3.05, 3.63) is 35.9 Å². The van der Waals surface area contributed by atoms with E-state index in [-0.39, 0.29) is 23.8 Å². The van der Waals surface area contributed by atoms with Crippen molar-refractivity contribution >= 4 is 15.7 Å². The number of hydrogen-bond acceptors (Lipinski definition) is 5. The SMILES string of the molecule is C#CCCC1(CCNC(=O)CC2(c3ccccc3)CS(=O)(=O)C2)N=N1. The third-order valence-corrected chi connectivity index (χ3v) is 6.76.